The van der Waals surface area contributed by atoms with Gasteiger partial charge in [0.05, 0.1) is 35.3 Å². The van der Waals surface area contributed by atoms with Crippen LogP contribution in [0.25, 0.3) is 22.7 Å². The van der Waals surface area contributed by atoms with E-state index in [1.807, 2.05) is 24.3 Å². The molecule has 1 N–H and O–H groups in total. The third kappa shape index (κ3) is 4.99. The molecular weight excluding hydrogens is 489 g/mol. The van der Waals surface area contributed by atoms with Crippen LogP contribution in [0.4, 0.5) is 4.39 Å². The van der Waals surface area contributed by atoms with Gasteiger partial charge in [0.2, 0.25) is 0 Å². The fourth-order valence-electron chi connectivity index (χ4n) is 3.31. The van der Waals surface area contributed by atoms with Gasteiger partial charge in [0.1, 0.15) is 30.1 Å². The number of nitrogens with zero attached hydrogens (tertiary/aromatic N) is 2. The van der Waals surface area contributed by atoms with Gasteiger partial charge in [-0.25, -0.2) is 9.37 Å². The lowest BCUT2D eigenvalue weighted by atomic mass is 10.1. The average molecular weight is 508 g/mol. The van der Waals surface area contributed by atoms with Crippen molar-refractivity contribution in [1.29, 1.82) is 5.26 Å². The van der Waals surface area contributed by atoms with Gasteiger partial charge in [-0.1, -0.05) is 12.1 Å². The molecule has 0 unspecified atom stereocenters. The first-order valence-corrected chi connectivity index (χ1v) is 10.7. The minimum Gasteiger partial charge on any atom is -0.497 e. The molecular formula is C25H19BrFN3O3. The van der Waals surface area contributed by atoms with Gasteiger partial charge < -0.3 is 19.2 Å². The van der Waals surface area contributed by atoms with Crippen molar-refractivity contribution in [2.24, 2.45) is 0 Å². The summed E-state index contributed by atoms with van der Waals surface area (Å²) >= 11 is 3.51. The van der Waals surface area contributed by atoms with Crippen LogP contribution in [0, 0.1) is 17.1 Å². The predicted molar refractivity (Wildman–Crippen MR) is 128 cm³/mol. The Kier molecular flexibility index (Phi) is 6.61. The Hall–Kier alpha value is -3.83. The molecule has 4 aromatic rings. The standard InChI is InChI=1S/C25H19BrFN3O3/c1-31-19-6-7-21-22(12-19)30-25(29-21)17(13-28)8-16-10-20(26)24(23(11-16)32-2)33-14-15-4-3-5-18(27)9-15/h3-12H,14H2,1-2H3,(H,29,30)/b17-8-. The number of ether oxygens (including phenoxy) is 3. The van der Waals surface area contributed by atoms with E-state index in [-0.39, 0.29) is 12.4 Å². The summed E-state index contributed by atoms with van der Waals surface area (Å²) in [5.74, 6) is 1.77. The van der Waals surface area contributed by atoms with Gasteiger partial charge in [0.15, 0.2) is 11.5 Å². The number of imidazole rings is 1. The minimum atomic E-state index is -0.323. The highest BCUT2D eigenvalue weighted by Crippen LogP contribution is 2.38. The highest BCUT2D eigenvalue weighted by atomic mass is 79.9. The molecule has 0 saturated carbocycles. The number of aromatic amines is 1. The Morgan fingerprint density at radius 3 is 2.73 bits per heavy atom. The molecule has 1 aromatic heterocycles. The molecule has 0 bridgehead atoms. The predicted octanol–water partition coefficient (Wildman–Crippen LogP) is 6.12. The van der Waals surface area contributed by atoms with Gasteiger partial charge in [-0.05, 0) is 69.5 Å². The molecule has 0 aliphatic heterocycles. The summed E-state index contributed by atoms with van der Waals surface area (Å²) < 4.78 is 30.7. The summed E-state index contributed by atoms with van der Waals surface area (Å²) in [7, 11) is 3.12. The second kappa shape index (κ2) is 9.76. The molecule has 3 aromatic carbocycles. The van der Waals surface area contributed by atoms with Crippen molar-refractivity contribution < 1.29 is 18.6 Å². The summed E-state index contributed by atoms with van der Waals surface area (Å²) in [6.07, 6.45) is 1.71. The van der Waals surface area contributed by atoms with E-state index < -0.39 is 0 Å². The van der Waals surface area contributed by atoms with Crippen LogP contribution < -0.4 is 14.2 Å². The molecule has 0 radical (unpaired) electrons. The third-order valence-corrected chi connectivity index (χ3v) is 5.49. The van der Waals surface area contributed by atoms with Crippen LogP contribution in [-0.4, -0.2) is 24.2 Å². The van der Waals surface area contributed by atoms with E-state index in [4.69, 9.17) is 14.2 Å². The lowest BCUT2D eigenvalue weighted by Crippen LogP contribution is -1.99. The van der Waals surface area contributed by atoms with Gasteiger partial charge >= 0.3 is 0 Å². The van der Waals surface area contributed by atoms with Gasteiger partial charge in [0.25, 0.3) is 0 Å². The first-order valence-electron chi connectivity index (χ1n) is 9.91. The van der Waals surface area contributed by atoms with Crippen molar-refractivity contribution in [1.82, 2.24) is 9.97 Å². The van der Waals surface area contributed by atoms with Crippen LogP contribution in [0.2, 0.25) is 0 Å². The number of benzene rings is 3. The molecule has 0 aliphatic rings. The van der Waals surface area contributed by atoms with E-state index in [0.29, 0.717) is 44.2 Å². The van der Waals surface area contributed by atoms with Crippen molar-refractivity contribution in [2.45, 2.75) is 6.61 Å². The monoisotopic (exact) mass is 507 g/mol. The van der Waals surface area contributed by atoms with Crippen molar-refractivity contribution in [3.8, 4) is 23.3 Å². The molecule has 0 amide bonds. The normalized spacial score (nSPS) is 11.3. The van der Waals surface area contributed by atoms with Gasteiger partial charge in [-0.15, -0.1) is 0 Å². The molecule has 0 aliphatic carbocycles. The quantitative estimate of drug-likeness (QED) is 0.304. The summed E-state index contributed by atoms with van der Waals surface area (Å²) in [5.41, 5.74) is 3.26. The van der Waals surface area contributed by atoms with E-state index in [9.17, 15) is 9.65 Å². The first kappa shape index (κ1) is 22.4. The number of nitrogens with one attached hydrogen (secondary N) is 1. The zero-order chi connectivity index (χ0) is 23.4. The number of allylic oxidation sites excluding steroid dienone is 1. The molecule has 0 atom stereocenters. The smallest absolute Gasteiger partial charge is 0.175 e. The summed E-state index contributed by atoms with van der Waals surface area (Å²) in [4.78, 5) is 7.67. The number of halogens is 2. The largest absolute Gasteiger partial charge is 0.497 e. The number of methoxy groups -OCH3 is 2. The molecule has 0 spiro atoms. The Bertz CT molecular complexity index is 1390. The maximum atomic E-state index is 13.4. The number of fused-ring (bicyclic) bond motifs is 1. The van der Waals surface area contributed by atoms with Crippen molar-refractivity contribution in [2.75, 3.05) is 14.2 Å². The third-order valence-electron chi connectivity index (χ3n) is 4.90. The molecule has 0 fully saturated rings. The second-order valence-corrected chi connectivity index (χ2v) is 7.95. The summed E-state index contributed by atoms with van der Waals surface area (Å²) in [6, 6.07) is 17.4. The molecule has 4 rings (SSSR count). The second-order valence-electron chi connectivity index (χ2n) is 7.09. The highest BCUT2D eigenvalue weighted by Gasteiger charge is 2.14. The maximum absolute atomic E-state index is 13.4. The fraction of sp³-hybridized carbons (Fsp3) is 0.120. The fourth-order valence-corrected chi connectivity index (χ4v) is 3.88. The first-order chi connectivity index (χ1) is 16.0. The van der Waals surface area contributed by atoms with E-state index in [1.165, 1.54) is 19.2 Å². The topological polar surface area (TPSA) is 80.2 Å². The number of rotatable bonds is 7. The number of hydrogen-bond donors (Lipinski definition) is 1. The van der Waals surface area contributed by atoms with Gasteiger partial charge in [0, 0.05) is 6.07 Å². The van der Waals surface area contributed by atoms with Crippen molar-refractivity contribution in [3.63, 3.8) is 0 Å². The van der Waals surface area contributed by atoms with E-state index in [2.05, 4.69) is 32.0 Å². The number of nitriles is 1. The Morgan fingerprint density at radius 1 is 1.15 bits per heavy atom. The summed E-state index contributed by atoms with van der Waals surface area (Å²) in [6.45, 7) is 0.174. The van der Waals surface area contributed by atoms with E-state index in [1.54, 1.807) is 31.4 Å². The molecule has 6 nitrogen and oxygen atoms in total. The minimum absolute atomic E-state index is 0.174. The number of H-pyrrole nitrogens is 1. The van der Waals surface area contributed by atoms with Crippen LogP contribution in [0.3, 0.4) is 0 Å². The maximum Gasteiger partial charge on any atom is 0.175 e. The molecule has 166 valence electrons. The molecule has 8 heteroatoms. The Balaban J connectivity index is 1.64. The van der Waals surface area contributed by atoms with Crippen molar-refractivity contribution in [3.05, 3.63) is 81.8 Å². The lowest BCUT2D eigenvalue weighted by molar-refractivity contribution is 0.282. The van der Waals surface area contributed by atoms with E-state index in [0.717, 1.165) is 11.0 Å². The van der Waals surface area contributed by atoms with Crippen LogP contribution in [-0.2, 0) is 6.61 Å². The zero-order valence-electron chi connectivity index (χ0n) is 17.9. The lowest BCUT2D eigenvalue weighted by Gasteiger charge is -2.14. The number of hydrogen-bond acceptors (Lipinski definition) is 5. The van der Waals surface area contributed by atoms with Gasteiger partial charge in [-0.2, -0.15) is 5.26 Å². The molecule has 33 heavy (non-hydrogen) atoms. The van der Waals surface area contributed by atoms with Crippen LogP contribution in [0.15, 0.2) is 59.1 Å². The van der Waals surface area contributed by atoms with Crippen LogP contribution in [0.1, 0.15) is 17.0 Å². The Morgan fingerprint density at radius 2 is 2.00 bits per heavy atom. The zero-order valence-corrected chi connectivity index (χ0v) is 19.4. The molecule has 0 saturated heterocycles. The average Bonchev–Trinajstić information content (AvgIpc) is 3.24. The summed E-state index contributed by atoms with van der Waals surface area (Å²) in [5, 5.41) is 9.75. The van der Waals surface area contributed by atoms with Crippen LogP contribution in [0.5, 0.6) is 17.2 Å². The molecule has 1 heterocycles. The SMILES string of the molecule is COc1ccc2nc(/C(C#N)=C\c3cc(Br)c(OCc4cccc(F)c4)c(OC)c3)[nH]c2c1. The van der Waals surface area contributed by atoms with Crippen LogP contribution >= 0.6 is 15.9 Å². The Labute approximate surface area is 198 Å². The van der Waals surface area contributed by atoms with E-state index >= 15 is 0 Å². The van der Waals surface area contributed by atoms with Gasteiger partial charge in [-0.3, -0.25) is 0 Å². The van der Waals surface area contributed by atoms with Crippen molar-refractivity contribution >= 4 is 38.6 Å². The number of aromatic nitrogens is 2. The highest BCUT2D eigenvalue weighted by molar-refractivity contribution is 9.10.